The standard InChI is InChI=1S/C15H25N3O3/c1-15(2,3)21-14(20)18(8-4-5-9-19)13-7-6-12(10-16)17-11-13/h6-7,11,19H,4-5,8-10,16H2,1-3H3. The molecule has 1 amide bonds. The number of pyridine rings is 1. The third-order valence-electron chi connectivity index (χ3n) is 2.73. The van der Waals surface area contributed by atoms with E-state index in [9.17, 15) is 4.79 Å². The molecule has 1 rings (SSSR count). The lowest BCUT2D eigenvalue weighted by Gasteiger charge is -2.27. The van der Waals surface area contributed by atoms with Crippen LogP contribution in [0.4, 0.5) is 10.5 Å². The summed E-state index contributed by atoms with van der Waals surface area (Å²) in [7, 11) is 0. The fourth-order valence-electron chi connectivity index (χ4n) is 1.72. The van der Waals surface area contributed by atoms with Gasteiger partial charge in [0.25, 0.3) is 0 Å². The number of anilines is 1. The Morgan fingerprint density at radius 1 is 1.38 bits per heavy atom. The maximum absolute atomic E-state index is 12.3. The van der Waals surface area contributed by atoms with E-state index in [1.54, 1.807) is 18.3 Å². The largest absolute Gasteiger partial charge is 0.443 e. The quantitative estimate of drug-likeness (QED) is 0.784. The van der Waals surface area contributed by atoms with Crippen molar-refractivity contribution in [2.75, 3.05) is 18.1 Å². The molecular weight excluding hydrogens is 270 g/mol. The monoisotopic (exact) mass is 295 g/mol. The van der Waals surface area contributed by atoms with Crippen molar-refractivity contribution in [2.24, 2.45) is 5.73 Å². The van der Waals surface area contributed by atoms with E-state index in [4.69, 9.17) is 15.6 Å². The van der Waals surface area contributed by atoms with E-state index in [2.05, 4.69) is 4.98 Å². The van der Waals surface area contributed by atoms with Crippen LogP contribution in [0.25, 0.3) is 0 Å². The molecular formula is C15H25N3O3. The number of carbonyl (C=O) groups excluding carboxylic acids is 1. The Bertz CT molecular complexity index is 440. The summed E-state index contributed by atoms with van der Waals surface area (Å²) in [6, 6.07) is 3.59. The van der Waals surface area contributed by atoms with Crippen molar-refractivity contribution in [3.8, 4) is 0 Å². The Labute approximate surface area is 125 Å². The lowest BCUT2D eigenvalue weighted by Crippen LogP contribution is -2.37. The zero-order valence-corrected chi connectivity index (χ0v) is 13.0. The zero-order valence-electron chi connectivity index (χ0n) is 13.0. The summed E-state index contributed by atoms with van der Waals surface area (Å²) in [4.78, 5) is 18.0. The Kier molecular flexibility index (Phi) is 6.58. The first-order chi connectivity index (χ1) is 9.87. The summed E-state index contributed by atoms with van der Waals surface area (Å²) in [5, 5.41) is 8.88. The molecule has 3 N–H and O–H groups in total. The Morgan fingerprint density at radius 3 is 2.57 bits per heavy atom. The molecule has 0 fully saturated rings. The van der Waals surface area contributed by atoms with Crippen molar-refractivity contribution in [2.45, 2.75) is 45.8 Å². The first-order valence-electron chi connectivity index (χ1n) is 7.14. The van der Waals surface area contributed by atoms with E-state index in [0.29, 0.717) is 31.6 Å². The summed E-state index contributed by atoms with van der Waals surface area (Å²) in [6.07, 6.45) is 2.52. The van der Waals surface area contributed by atoms with Gasteiger partial charge in [0, 0.05) is 19.7 Å². The number of rotatable bonds is 6. The highest BCUT2D eigenvalue weighted by atomic mass is 16.6. The number of aromatic nitrogens is 1. The molecule has 6 nitrogen and oxygen atoms in total. The number of carbonyl (C=O) groups is 1. The van der Waals surface area contributed by atoms with Gasteiger partial charge in [-0.1, -0.05) is 0 Å². The second kappa shape index (κ2) is 7.95. The van der Waals surface area contributed by atoms with Gasteiger partial charge in [0.1, 0.15) is 5.60 Å². The van der Waals surface area contributed by atoms with Crippen molar-refractivity contribution < 1.29 is 14.6 Å². The van der Waals surface area contributed by atoms with Gasteiger partial charge in [0.05, 0.1) is 17.6 Å². The summed E-state index contributed by atoms with van der Waals surface area (Å²) >= 11 is 0. The number of hydrogen-bond acceptors (Lipinski definition) is 5. The average molecular weight is 295 g/mol. The molecule has 6 heteroatoms. The molecule has 0 radical (unpaired) electrons. The topological polar surface area (TPSA) is 88.7 Å². The van der Waals surface area contributed by atoms with Gasteiger partial charge in [0.15, 0.2) is 0 Å². The van der Waals surface area contributed by atoms with E-state index >= 15 is 0 Å². The van der Waals surface area contributed by atoms with Crippen molar-refractivity contribution in [1.29, 1.82) is 0 Å². The molecule has 0 aliphatic heterocycles. The predicted octanol–water partition coefficient (Wildman–Crippen LogP) is 2.05. The molecule has 118 valence electrons. The van der Waals surface area contributed by atoms with Crippen LogP contribution in [0.15, 0.2) is 18.3 Å². The molecule has 21 heavy (non-hydrogen) atoms. The number of nitrogens with two attached hydrogens (primary N) is 1. The van der Waals surface area contributed by atoms with Crippen LogP contribution in [0.3, 0.4) is 0 Å². The molecule has 0 aromatic carbocycles. The first kappa shape index (κ1) is 17.4. The SMILES string of the molecule is CC(C)(C)OC(=O)N(CCCCO)c1ccc(CN)nc1. The maximum Gasteiger partial charge on any atom is 0.414 e. The van der Waals surface area contributed by atoms with Crippen molar-refractivity contribution in [1.82, 2.24) is 4.98 Å². The molecule has 0 saturated carbocycles. The van der Waals surface area contributed by atoms with E-state index in [-0.39, 0.29) is 6.61 Å². The number of unbranched alkanes of at least 4 members (excludes halogenated alkanes) is 1. The van der Waals surface area contributed by atoms with Crippen molar-refractivity contribution in [3.63, 3.8) is 0 Å². The molecule has 1 aromatic heterocycles. The van der Waals surface area contributed by atoms with Crippen molar-refractivity contribution >= 4 is 11.8 Å². The highest BCUT2D eigenvalue weighted by Crippen LogP contribution is 2.18. The van der Waals surface area contributed by atoms with E-state index in [1.807, 2.05) is 20.8 Å². The molecule has 0 atom stereocenters. The molecule has 1 heterocycles. The van der Waals surface area contributed by atoms with Crippen LogP contribution in [0.1, 0.15) is 39.3 Å². The van der Waals surface area contributed by atoms with Gasteiger partial charge in [-0.3, -0.25) is 9.88 Å². The smallest absolute Gasteiger partial charge is 0.414 e. The second-order valence-electron chi connectivity index (χ2n) is 5.77. The fourth-order valence-corrected chi connectivity index (χ4v) is 1.72. The Hall–Kier alpha value is -1.66. The number of aliphatic hydroxyl groups is 1. The number of nitrogens with zero attached hydrogens (tertiary/aromatic N) is 2. The molecule has 0 aliphatic rings. The van der Waals surface area contributed by atoms with Gasteiger partial charge in [0.2, 0.25) is 0 Å². The van der Waals surface area contributed by atoms with Gasteiger partial charge < -0.3 is 15.6 Å². The lowest BCUT2D eigenvalue weighted by atomic mass is 10.2. The van der Waals surface area contributed by atoms with Gasteiger partial charge in [-0.2, -0.15) is 0 Å². The highest BCUT2D eigenvalue weighted by molar-refractivity contribution is 5.87. The van der Waals surface area contributed by atoms with E-state index in [1.165, 1.54) is 4.90 Å². The lowest BCUT2D eigenvalue weighted by molar-refractivity contribution is 0.0579. The van der Waals surface area contributed by atoms with Crippen LogP contribution in [0.2, 0.25) is 0 Å². The minimum atomic E-state index is -0.559. The fraction of sp³-hybridized carbons (Fsp3) is 0.600. The van der Waals surface area contributed by atoms with Crippen LogP contribution in [-0.4, -0.2) is 34.9 Å². The van der Waals surface area contributed by atoms with Gasteiger partial charge in [-0.15, -0.1) is 0 Å². The Balaban J connectivity index is 2.86. The van der Waals surface area contributed by atoms with Crippen LogP contribution in [-0.2, 0) is 11.3 Å². The minimum absolute atomic E-state index is 0.104. The third kappa shape index (κ3) is 6.10. The molecule has 0 bridgehead atoms. The van der Waals surface area contributed by atoms with Crippen molar-refractivity contribution in [3.05, 3.63) is 24.0 Å². The minimum Gasteiger partial charge on any atom is -0.443 e. The van der Waals surface area contributed by atoms with Gasteiger partial charge in [-0.05, 0) is 45.7 Å². The zero-order chi connectivity index (χ0) is 15.9. The molecule has 0 saturated heterocycles. The Morgan fingerprint density at radius 2 is 2.10 bits per heavy atom. The number of hydrogen-bond donors (Lipinski definition) is 2. The number of aliphatic hydroxyl groups excluding tert-OH is 1. The van der Waals surface area contributed by atoms with Gasteiger partial charge >= 0.3 is 6.09 Å². The summed E-state index contributed by atoms with van der Waals surface area (Å²) in [6.45, 7) is 6.41. The number of ether oxygens (including phenoxy) is 1. The third-order valence-corrected chi connectivity index (χ3v) is 2.73. The predicted molar refractivity (Wildman–Crippen MR) is 82.0 cm³/mol. The molecule has 0 spiro atoms. The highest BCUT2D eigenvalue weighted by Gasteiger charge is 2.23. The average Bonchev–Trinajstić information content (AvgIpc) is 2.42. The molecule has 0 aliphatic carbocycles. The van der Waals surface area contributed by atoms with Crippen LogP contribution >= 0.6 is 0 Å². The first-order valence-corrected chi connectivity index (χ1v) is 7.14. The summed E-state index contributed by atoms with van der Waals surface area (Å²) in [5.41, 5.74) is 6.39. The van der Waals surface area contributed by atoms with Crippen LogP contribution in [0.5, 0.6) is 0 Å². The maximum atomic E-state index is 12.3. The van der Waals surface area contributed by atoms with E-state index < -0.39 is 11.7 Å². The van der Waals surface area contributed by atoms with Crippen LogP contribution in [0, 0.1) is 0 Å². The van der Waals surface area contributed by atoms with Crippen LogP contribution < -0.4 is 10.6 Å². The molecule has 1 aromatic rings. The second-order valence-corrected chi connectivity index (χ2v) is 5.77. The van der Waals surface area contributed by atoms with E-state index in [0.717, 1.165) is 5.69 Å². The summed E-state index contributed by atoms with van der Waals surface area (Å²) in [5.74, 6) is 0. The van der Waals surface area contributed by atoms with Gasteiger partial charge in [-0.25, -0.2) is 4.79 Å². The summed E-state index contributed by atoms with van der Waals surface area (Å²) < 4.78 is 5.41. The molecule has 0 unspecified atom stereocenters. The normalized spacial score (nSPS) is 11.3. The number of amides is 1.